The number of benzene rings is 7. The third kappa shape index (κ3) is 6.20. The van der Waals surface area contributed by atoms with Gasteiger partial charge >= 0.3 is 0 Å². The highest BCUT2D eigenvalue weighted by atomic mass is 14.9. The average molecular weight is 613 g/mol. The highest BCUT2D eigenvalue weighted by molar-refractivity contribution is 5.84. The van der Waals surface area contributed by atoms with Crippen LogP contribution >= 0.6 is 0 Å². The van der Waals surface area contributed by atoms with Gasteiger partial charge in [-0.1, -0.05) is 158 Å². The summed E-state index contributed by atoms with van der Waals surface area (Å²) in [4.78, 5) is 10.2. The Kier molecular flexibility index (Phi) is 7.96. The summed E-state index contributed by atoms with van der Waals surface area (Å²) in [7, 11) is 0. The molecule has 0 saturated carbocycles. The Balaban J connectivity index is 1.33. The van der Waals surface area contributed by atoms with Gasteiger partial charge < -0.3 is 0 Å². The predicted octanol–water partition coefficient (Wildman–Crippen LogP) is 12.1. The fourth-order valence-electron chi connectivity index (χ4n) is 6.19. The minimum atomic E-state index is 0.705. The van der Waals surface area contributed by atoms with Crippen molar-refractivity contribution in [3.05, 3.63) is 194 Å². The maximum atomic E-state index is 5.19. The fraction of sp³-hybridized carbons (Fsp3) is 0. The van der Waals surface area contributed by atoms with Crippen LogP contribution in [0.15, 0.2) is 194 Å². The Morgan fingerprint density at radius 2 is 0.521 bits per heavy atom. The molecule has 0 atom stereocenters. The Bertz CT molecular complexity index is 2150. The minimum Gasteiger partial charge on any atom is -0.228 e. The molecule has 1 heterocycles. The first-order valence-corrected chi connectivity index (χ1v) is 16.2. The van der Waals surface area contributed by atoms with Crippen molar-refractivity contribution >= 4 is 0 Å². The summed E-state index contributed by atoms with van der Waals surface area (Å²) in [5.41, 5.74) is 14.2. The van der Waals surface area contributed by atoms with Gasteiger partial charge in [-0.15, -0.1) is 0 Å². The normalized spacial score (nSPS) is 10.9. The van der Waals surface area contributed by atoms with Gasteiger partial charge in [-0.2, -0.15) is 0 Å². The van der Waals surface area contributed by atoms with E-state index in [1.165, 1.54) is 22.3 Å². The topological polar surface area (TPSA) is 25.8 Å². The van der Waals surface area contributed by atoms with Crippen molar-refractivity contribution in [2.24, 2.45) is 0 Å². The standard InChI is InChI=1S/C46H32N2/c1-5-15-33(16-6-1)37-23-13-25-39(27-37)41-29-42(40-26-14-24-38(28-40)34-17-7-2-8-18-34)31-43(30-41)45-32-44(35-19-9-3-10-20-35)47-46(48-45)36-21-11-4-12-22-36/h1-32H. The summed E-state index contributed by atoms with van der Waals surface area (Å²) >= 11 is 0. The first-order valence-electron chi connectivity index (χ1n) is 16.2. The van der Waals surface area contributed by atoms with E-state index in [1.54, 1.807) is 0 Å². The van der Waals surface area contributed by atoms with Crippen LogP contribution in [0.3, 0.4) is 0 Å². The smallest absolute Gasteiger partial charge is 0.160 e. The second-order valence-corrected chi connectivity index (χ2v) is 11.9. The molecule has 0 aliphatic heterocycles. The highest BCUT2D eigenvalue weighted by Crippen LogP contribution is 2.36. The van der Waals surface area contributed by atoms with Gasteiger partial charge in [0.25, 0.3) is 0 Å². The third-order valence-corrected chi connectivity index (χ3v) is 8.66. The van der Waals surface area contributed by atoms with Crippen molar-refractivity contribution < 1.29 is 0 Å². The summed E-state index contributed by atoms with van der Waals surface area (Å²) < 4.78 is 0. The molecule has 8 aromatic rings. The summed E-state index contributed by atoms with van der Waals surface area (Å²) in [6, 6.07) is 68.2. The van der Waals surface area contributed by atoms with Crippen molar-refractivity contribution in [3.63, 3.8) is 0 Å². The van der Waals surface area contributed by atoms with Gasteiger partial charge in [0.1, 0.15) is 0 Å². The molecule has 48 heavy (non-hydrogen) atoms. The summed E-state index contributed by atoms with van der Waals surface area (Å²) in [5, 5.41) is 0. The second kappa shape index (κ2) is 13.2. The van der Waals surface area contributed by atoms with Crippen molar-refractivity contribution in [2.75, 3.05) is 0 Å². The van der Waals surface area contributed by atoms with E-state index in [0.717, 1.165) is 50.3 Å². The minimum absolute atomic E-state index is 0.705. The maximum Gasteiger partial charge on any atom is 0.160 e. The number of aromatic nitrogens is 2. The quantitative estimate of drug-likeness (QED) is 0.179. The van der Waals surface area contributed by atoms with Gasteiger partial charge in [0.15, 0.2) is 5.82 Å². The lowest BCUT2D eigenvalue weighted by Crippen LogP contribution is -1.96. The lowest BCUT2D eigenvalue weighted by molar-refractivity contribution is 1.18. The zero-order valence-electron chi connectivity index (χ0n) is 26.4. The highest BCUT2D eigenvalue weighted by Gasteiger charge is 2.14. The molecule has 0 radical (unpaired) electrons. The van der Waals surface area contributed by atoms with Crippen LogP contribution in [0.1, 0.15) is 0 Å². The lowest BCUT2D eigenvalue weighted by Gasteiger charge is -2.14. The Morgan fingerprint density at radius 1 is 0.208 bits per heavy atom. The molecular formula is C46H32N2. The molecule has 0 unspecified atom stereocenters. The van der Waals surface area contributed by atoms with Gasteiger partial charge in [-0.05, 0) is 80.9 Å². The summed E-state index contributed by atoms with van der Waals surface area (Å²) in [6.45, 7) is 0. The van der Waals surface area contributed by atoms with Crippen LogP contribution in [0.4, 0.5) is 0 Å². The second-order valence-electron chi connectivity index (χ2n) is 11.9. The van der Waals surface area contributed by atoms with Crippen LogP contribution in [0.2, 0.25) is 0 Å². The Hall–Kier alpha value is -6.38. The van der Waals surface area contributed by atoms with E-state index in [1.807, 2.05) is 24.3 Å². The summed E-state index contributed by atoms with van der Waals surface area (Å²) in [5.74, 6) is 0.705. The number of nitrogens with zero attached hydrogens (tertiary/aromatic N) is 2. The van der Waals surface area contributed by atoms with Crippen molar-refractivity contribution in [2.45, 2.75) is 0 Å². The first kappa shape index (κ1) is 29.1. The first-order chi connectivity index (χ1) is 23.8. The van der Waals surface area contributed by atoms with Gasteiger partial charge in [-0.25, -0.2) is 9.97 Å². The molecule has 8 rings (SSSR count). The van der Waals surface area contributed by atoms with E-state index in [0.29, 0.717) is 5.82 Å². The number of hydrogen-bond donors (Lipinski definition) is 0. The molecule has 0 spiro atoms. The molecule has 0 aliphatic carbocycles. The molecule has 1 aromatic heterocycles. The molecule has 0 saturated heterocycles. The SMILES string of the molecule is c1ccc(-c2cccc(-c3cc(-c4cccc(-c5ccccc5)c4)cc(-c4cc(-c5ccccc5)nc(-c5ccccc5)n4)c3)c2)cc1. The van der Waals surface area contributed by atoms with E-state index in [-0.39, 0.29) is 0 Å². The number of hydrogen-bond acceptors (Lipinski definition) is 2. The van der Waals surface area contributed by atoms with E-state index >= 15 is 0 Å². The monoisotopic (exact) mass is 612 g/mol. The predicted molar refractivity (Wildman–Crippen MR) is 200 cm³/mol. The molecule has 0 N–H and O–H groups in total. The van der Waals surface area contributed by atoms with E-state index < -0.39 is 0 Å². The molecule has 0 bridgehead atoms. The van der Waals surface area contributed by atoms with E-state index in [9.17, 15) is 0 Å². The molecule has 7 aromatic carbocycles. The Morgan fingerprint density at radius 3 is 0.979 bits per heavy atom. The lowest BCUT2D eigenvalue weighted by atomic mass is 9.92. The van der Waals surface area contributed by atoms with Gasteiger partial charge in [0, 0.05) is 16.7 Å². The van der Waals surface area contributed by atoms with Crippen LogP contribution in [0.25, 0.3) is 78.4 Å². The van der Waals surface area contributed by atoms with Crippen LogP contribution < -0.4 is 0 Å². The fourth-order valence-corrected chi connectivity index (χ4v) is 6.19. The van der Waals surface area contributed by atoms with Crippen molar-refractivity contribution in [1.82, 2.24) is 9.97 Å². The molecule has 0 fully saturated rings. The number of rotatable bonds is 7. The zero-order valence-corrected chi connectivity index (χ0v) is 26.4. The van der Waals surface area contributed by atoms with Gasteiger partial charge in [0.2, 0.25) is 0 Å². The van der Waals surface area contributed by atoms with Crippen LogP contribution in [0, 0.1) is 0 Å². The van der Waals surface area contributed by atoms with Gasteiger partial charge in [0.05, 0.1) is 11.4 Å². The zero-order chi connectivity index (χ0) is 32.1. The van der Waals surface area contributed by atoms with Crippen molar-refractivity contribution in [3.8, 4) is 78.4 Å². The molecule has 0 aliphatic rings. The van der Waals surface area contributed by atoms with Crippen LogP contribution in [0.5, 0.6) is 0 Å². The maximum absolute atomic E-state index is 5.19. The molecule has 226 valence electrons. The largest absolute Gasteiger partial charge is 0.228 e. The van der Waals surface area contributed by atoms with E-state index in [2.05, 4.69) is 170 Å². The van der Waals surface area contributed by atoms with Gasteiger partial charge in [-0.3, -0.25) is 0 Å². The Labute approximate surface area is 281 Å². The van der Waals surface area contributed by atoms with Crippen LogP contribution in [-0.2, 0) is 0 Å². The molecule has 2 nitrogen and oxygen atoms in total. The molecular weight excluding hydrogens is 581 g/mol. The van der Waals surface area contributed by atoms with Crippen molar-refractivity contribution in [1.29, 1.82) is 0 Å². The third-order valence-electron chi connectivity index (χ3n) is 8.66. The van der Waals surface area contributed by atoms with E-state index in [4.69, 9.17) is 9.97 Å². The molecule has 2 heteroatoms. The average Bonchev–Trinajstić information content (AvgIpc) is 3.19. The molecule has 0 amide bonds. The summed E-state index contributed by atoms with van der Waals surface area (Å²) in [6.07, 6.45) is 0. The van der Waals surface area contributed by atoms with Crippen LogP contribution in [-0.4, -0.2) is 9.97 Å².